The van der Waals surface area contributed by atoms with Gasteiger partial charge in [0.15, 0.2) is 0 Å². The monoisotopic (exact) mass is 310 g/mol. The van der Waals surface area contributed by atoms with Crippen molar-refractivity contribution in [2.75, 3.05) is 7.11 Å². The highest BCUT2D eigenvalue weighted by atomic mass is 35.5. The van der Waals surface area contributed by atoms with Gasteiger partial charge in [-0.1, -0.05) is 53.5 Å². The Balaban J connectivity index is 2.06. The van der Waals surface area contributed by atoms with Crippen LogP contribution >= 0.6 is 23.2 Å². The van der Waals surface area contributed by atoms with E-state index in [4.69, 9.17) is 27.9 Å². The Morgan fingerprint density at radius 3 is 2.25 bits per heavy atom. The highest BCUT2D eigenvalue weighted by Gasteiger charge is 2.10. The molecule has 106 valence electrons. The zero-order valence-corrected chi connectivity index (χ0v) is 12.7. The smallest absolute Gasteiger partial charge is 0.0830 e. The number of aliphatic hydroxyl groups is 1. The van der Waals surface area contributed by atoms with E-state index in [-0.39, 0.29) is 0 Å². The number of rotatable bonds is 5. The highest BCUT2D eigenvalue weighted by molar-refractivity contribution is 6.42. The molecule has 0 aliphatic rings. The third-order valence-corrected chi connectivity index (χ3v) is 3.83. The second kappa shape index (κ2) is 7.09. The molecule has 2 rings (SSSR count). The van der Waals surface area contributed by atoms with Crippen molar-refractivity contribution in [1.29, 1.82) is 0 Å². The summed E-state index contributed by atoms with van der Waals surface area (Å²) in [5.41, 5.74) is 2.90. The van der Waals surface area contributed by atoms with E-state index in [1.807, 2.05) is 30.3 Å². The zero-order valence-electron chi connectivity index (χ0n) is 11.1. The van der Waals surface area contributed by atoms with Gasteiger partial charge in [-0.25, -0.2) is 0 Å². The maximum absolute atomic E-state index is 10.2. The minimum absolute atomic E-state index is 0.501. The maximum Gasteiger partial charge on any atom is 0.0830 e. The molecule has 2 nitrogen and oxygen atoms in total. The summed E-state index contributed by atoms with van der Waals surface area (Å²) in [5, 5.41) is 11.3. The van der Waals surface area contributed by atoms with Gasteiger partial charge in [-0.15, -0.1) is 0 Å². The van der Waals surface area contributed by atoms with Gasteiger partial charge in [-0.2, -0.15) is 0 Å². The molecule has 0 aliphatic carbocycles. The fourth-order valence-electron chi connectivity index (χ4n) is 2.01. The summed E-state index contributed by atoms with van der Waals surface area (Å²) in [6.07, 6.45) is -0.0654. The van der Waals surface area contributed by atoms with E-state index < -0.39 is 6.10 Å². The van der Waals surface area contributed by atoms with Gasteiger partial charge in [-0.05, 0) is 28.8 Å². The van der Waals surface area contributed by atoms with Crippen LogP contribution in [0.25, 0.3) is 0 Å². The Kier molecular flexibility index (Phi) is 5.44. The van der Waals surface area contributed by atoms with Crippen LogP contribution in [0.4, 0.5) is 0 Å². The minimum Gasteiger partial charge on any atom is -0.388 e. The molecule has 4 heteroatoms. The van der Waals surface area contributed by atoms with Gasteiger partial charge >= 0.3 is 0 Å². The second-order valence-corrected chi connectivity index (χ2v) is 5.46. The number of hydrogen-bond acceptors (Lipinski definition) is 2. The van der Waals surface area contributed by atoms with Crippen LogP contribution in [-0.4, -0.2) is 12.2 Å². The largest absolute Gasteiger partial charge is 0.388 e. The molecule has 0 aliphatic heterocycles. The Hall–Kier alpha value is -1.06. The lowest BCUT2D eigenvalue weighted by atomic mass is 10.0. The summed E-state index contributed by atoms with van der Waals surface area (Å²) in [5.74, 6) is 0. The zero-order chi connectivity index (χ0) is 14.5. The van der Waals surface area contributed by atoms with Crippen LogP contribution in [-0.2, 0) is 17.8 Å². The van der Waals surface area contributed by atoms with Crippen LogP contribution in [0, 0.1) is 0 Å². The first-order chi connectivity index (χ1) is 9.60. The molecule has 1 atom stereocenters. The molecule has 0 fully saturated rings. The highest BCUT2D eigenvalue weighted by Crippen LogP contribution is 2.25. The molecule has 0 saturated carbocycles. The minimum atomic E-state index is -0.566. The fraction of sp³-hybridized carbons (Fsp3) is 0.250. The van der Waals surface area contributed by atoms with Crippen molar-refractivity contribution in [1.82, 2.24) is 0 Å². The molecule has 2 aromatic carbocycles. The lowest BCUT2D eigenvalue weighted by Gasteiger charge is -2.12. The topological polar surface area (TPSA) is 29.5 Å². The summed E-state index contributed by atoms with van der Waals surface area (Å²) in [7, 11) is 1.66. The molecule has 0 radical (unpaired) electrons. The van der Waals surface area contributed by atoms with Crippen LogP contribution < -0.4 is 0 Å². The number of aliphatic hydroxyl groups excluding tert-OH is 1. The van der Waals surface area contributed by atoms with E-state index in [9.17, 15) is 5.11 Å². The van der Waals surface area contributed by atoms with Crippen molar-refractivity contribution in [3.05, 3.63) is 69.2 Å². The van der Waals surface area contributed by atoms with Crippen LogP contribution in [0.15, 0.2) is 42.5 Å². The Morgan fingerprint density at radius 2 is 1.65 bits per heavy atom. The molecular weight excluding hydrogens is 295 g/mol. The standard InChI is InChI=1S/C16H16Cl2O2/c1-20-10-11-2-5-13(6-3-11)16(19)9-12-4-7-14(17)15(18)8-12/h2-8,16,19H,9-10H2,1H3. The maximum atomic E-state index is 10.2. The van der Waals surface area contributed by atoms with E-state index in [0.29, 0.717) is 23.1 Å². The summed E-state index contributed by atoms with van der Waals surface area (Å²) in [6.45, 7) is 0.573. The SMILES string of the molecule is COCc1ccc(C(O)Cc2ccc(Cl)c(Cl)c2)cc1. The van der Waals surface area contributed by atoms with Crippen LogP contribution in [0.2, 0.25) is 10.0 Å². The Labute approximate surface area is 128 Å². The van der Waals surface area contributed by atoms with Gasteiger partial charge < -0.3 is 9.84 Å². The number of ether oxygens (including phenoxy) is 1. The van der Waals surface area contributed by atoms with Gasteiger partial charge in [0.1, 0.15) is 0 Å². The van der Waals surface area contributed by atoms with Gasteiger partial charge in [0.2, 0.25) is 0 Å². The van der Waals surface area contributed by atoms with Crippen LogP contribution in [0.3, 0.4) is 0 Å². The average Bonchev–Trinajstić information content (AvgIpc) is 2.44. The van der Waals surface area contributed by atoms with Crippen LogP contribution in [0.5, 0.6) is 0 Å². The number of methoxy groups -OCH3 is 1. The van der Waals surface area contributed by atoms with Crippen molar-refractivity contribution in [2.24, 2.45) is 0 Å². The van der Waals surface area contributed by atoms with Crippen molar-refractivity contribution in [3.63, 3.8) is 0 Å². The molecule has 0 spiro atoms. The van der Waals surface area contributed by atoms with E-state index in [1.54, 1.807) is 19.2 Å². The van der Waals surface area contributed by atoms with Gasteiger partial charge in [0, 0.05) is 13.5 Å². The first-order valence-corrected chi connectivity index (χ1v) is 7.05. The number of halogens is 2. The van der Waals surface area contributed by atoms with E-state index in [0.717, 1.165) is 16.7 Å². The molecule has 0 heterocycles. The molecule has 0 aromatic heterocycles. The first kappa shape index (κ1) is 15.3. The fourth-order valence-corrected chi connectivity index (χ4v) is 2.33. The molecular formula is C16H16Cl2O2. The number of benzene rings is 2. The van der Waals surface area contributed by atoms with E-state index >= 15 is 0 Å². The summed E-state index contributed by atoms with van der Waals surface area (Å²) in [6, 6.07) is 13.1. The predicted octanol–water partition coefficient (Wildman–Crippen LogP) is 4.42. The van der Waals surface area contributed by atoms with Crippen molar-refractivity contribution < 1.29 is 9.84 Å². The summed E-state index contributed by atoms with van der Waals surface area (Å²) >= 11 is 11.8. The average molecular weight is 311 g/mol. The number of hydrogen-bond donors (Lipinski definition) is 1. The summed E-state index contributed by atoms with van der Waals surface area (Å²) in [4.78, 5) is 0. The van der Waals surface area contributed by atoms with Crippen molar-refractivity contribution in [2.45, 2.75) is 19.1 Å². The van der Waals surface area contributed by atoms with E-state index in [2.05, 4.69) is 0 Å². The van der Waals surface area contributed by atoms with Crippen molar-refractivity contribution in [3.8, 4) is 0 Å². The molecule has 20 heavy (non-hydrogen) atoms. The first-order valence-electron chi connectivity index (χ1n) is 6.30. The van der Waals surface area contributed by atoms with E-state index in [1.165, 1.54) is 0 Å². The molecule has 2 aromatic rings. The van der Waals surface area contributed by atoms with Gasteiger partial charge in [0.25, 0.3) is 0 Å². The third kappa shape index (κ3) is 3.97. The lowest BCUT2D eigenvalue weighted by Crippen LogP contribution is -2.02. The summed E-state index contributed by atoms with van der Waals surface area (Å²) < 4.78 is 5.06. The van der Waals surface area contributed by atoms with Crippen LogP contribution in [0.1, 0.15) is 22.8 Å². The normalized spacial score (nSPS) is 12.4. The molecule has 0 amide bonds. The lowest BCUT2D eigenvalue weighted by molar-refractivity contribution is 0.177. The quantitative estimate of drug-likeness (QED) is 0.886. The third-order valence-electron chi connectivity index (χ3n) is 3.09. The van der Waals surface area contributed by atoms with Crippen molar-refractivity contribution >= 4 is 23.2 Å². The predicted molar refractivity (Wildman–Crippen MR) is 82.3 cm³/mol. The molecule has 1 N–H and O–H groups in total. The molecule has 1 unspecified atom stereocenters. The van der Waals surface area contributed by atoms with Gasteiger partial charge in [0.05, 0.1) is 22.8 Å². The second-order valence-electron chi connectivity index (χ2n) is 4.64. The Bertz CT molecular complexity index is 567. The molecule has 0 bridgehead atoms. The van der Waals surface area contributed by atoms with Gasteiger partial charge in [-0.3, -0.25) is 0 Å². The molecule has 0 saturated heterocycles. The Morgan fingerprint density at radius 1 is 1.00 bits per heavy atom.